The van der Waals surface area contributed by atoms with Crippen molar-refractivity contribution in [1.82, 2.24) is 5.32 Å². The third-order valence-electron chi connectivity index (χ3n) is 2.28. The van der Waals surface area contributed by atoms with Crippen LogP contribution in [0.3, 0.4) is 0 Å². The smallest absolute Gasteiger partial charge is 0.262 e. The molecule has 2 atom stereocenters. The maximum atomic E-state index is 11.8. The Balaban J connectivity index is 2.60. The molecule has 0 bridgehead atoms. The Morgan fingerprint density at radius 3 is 2.73 bits per heavy atom. The van der Waals surface area contributed by atoms with Crippen molar-refractivity contribution in [3.05, 3.63) is 20.8 Å². The third-order valence-corrected chi connectivity index (χ3v) is 5.14. The highest BCUT2D eigenvalue weighted by Gasteiger charge is 2.17. The molecule has 0 saturated carbocycles. The number of amides is 1. The lowest BCUT2D eigenvalue weighted by Crippen LogP contribution is -2.37. The van der Waals surface area contributed by atoms with E-state index in [9.17, 15) is 4.79 Å². The van der Waals surface area contributed by atoms with Crippen molar-refractivity contribution in [2.45, 2.75) is 19.9 Å². The minimum Gasteiger partial charge on any atom is -0.349 e. The number of hydrogen-bond donors (Lipinski definition) is 1. The molecule has 84 valence electrons. The topological polar surface area (TPSA) is 29.1 Å². The Morgan fingerprint density at radius 1 is 1.60 bits per heavy atom. The highest BCUT2D eigenvalue weighted by molar-refractivity contribution is 9.10. The van der Waals surface area contributed by atoms with Gasteiger partial charge in [0, 0.05) is 15.8 Å². The molecule has 1 N–H and O–H groups in total. The normalized spacial score (nSPS) is 14.7. The van der Waals surface area contributed by atoms with Crippen LogP contribution in [-0.2, 0) is 0 Å². The molecule has 1 aromatic rings. The fourth-order valence-corrected chi connectivity index (χ4v) is 3.02. The molecule has 0 aliphatic carbocycles. The summed E-state index contributed by atoms with van der Waals surface area (Å²) in [5.74, 6) is 0.421. The lowest BCUT2D eigenvalue weighted by Gasteiger charge is -2.18. The highest BCUT2D eigenvalue weighted by atomic mass is 79.9. The number of rotatable bonds is 4. The molecule has 0 aliphatic heterocycles. The number of thiophene rings is 1. The van der Waals surface area contributed by atoms with E-state index in [1.165, 1.54) is 11.3 Å². The maximum absolute atomic E-state index is 11.8. The van der Waals surface area contributed by atoms with E-state index in [1.807, 2.05) is 18.4 Å². The molecule has 0 fully saturated rings. The maximum Gasteiger partial charge on any atom is 0.262 e. The van der Waals surface area contributed by atoms with Crippen molar-refractivity contribution in [1.29, 1.82) is 0 Å². The van der Waals surface area contributed by atoms with Crippen LogP contribution in [0.25, 0.3) is 0 Å². The Labute approximate surface area is 111 Å². The first-order chi connectivity index (χ1) is 7.06. The third kappa shape index (κ3) is 3.57. The van der Waals surface area contributed by atoms with Gasteiger partial charge in [-0.1, -0.05) is 22.9 Å². The summed E-state index contributed by atoms with van der Waals surface area (Å²) in [5.41, 5.74) is 0. The van der Waals surface area contributed by atoms with E-state index in [1.54, 1.807) is 0 Å². The van der Waals surface area contributed by atoms with Gasteiger partial charge in [0.25, 0.3) is 5.91 Å². The molecule has 0 aliphatic rings. The lowest BCUT2D eigenvalue weighted by atomic mass is 10.1. The summed E-state index contributed by atoms with van der Waals surface area (Å²) in [6.45, 7) is 4.12. The van der Waals surface area contributed by atoms with Crippen molar-refractivity contribution < 1.29 is 4.79 Å². The number of carbonyl (C=O) groups is 1. The average molecular weight is 355 g/mol. The first-order valence-corrected chi connectivity index (χ1v) is 7.45. The molecule has 0 radical (unpaired) electrons. The Bertz CT molecular complexity index is 340. The molecular weight excluding hydrogens is 342 g/mol. The molecule has 0 spiro atoms. The molecule has 1 amide bonds. The Morgan fingerprint density at radius 2 is 2.27 bits per heavy atom. The number of carbonyl (C=O) groups excluding carboxylic acids is 1. The van der Waals surface area contributed by atoms with Crippen LogP contribution in [0.1, 0.15) is 23.5 Å². The SMILES string of the molecule is CC(CBr)C(C)NC(=O)c1sccc1Br. The van der Waals surface area contributed by atoms with Crippen LogP contribution >= 0.6 is 43.2 Å². The van der Waals surface area contributed by atoms with Gasteiger partial charge < -0.3 is 5.32 Å². The zero-order chi connectivity index (χ0) is 11.4. The molecule has 0 saturated heterocycles. The summed E-state index contributed by atoms with van der Waals surface area (Å²) in [5, 5.41) is 5.77. The summed E-state index contributed by atoms with van der Waals surface area (Å²) in [6.07, 6.45) is 0. The van der Waals surface area contributed by atoms with Crippen LogP contribution in [0.15, 0.2) is 15.9 Å². The molecule has 1 heterocycles. The second kappa shape index (κ2) is 6.01. The average Bonchev–Trinajstić information content (AvgIpc) is 2.63. The second-order valence-corrected chi connectivity index (χ2v) is 5.91. The van der Waals surface area contributed by atoms with Crippen LogP contribution in [0.4, 0.5) is 0 Å². The largest absolute Gasteiger partial charge is 0.349 e. The van der Waals surface area contributed by atoms with E-state index in [4.69, 9.17) is 0 Å². The van der Waals surface area contributed by atoms with Crippen molar-refractivity contribution in [2.24, 2.45) is 5.92 Å². The Kier molecular flexibility index (Phi) is 5.29. The quantitative estimate of drug-likeness (QED) is 0.821. The van der Waals surface area contributed by atoms with E-state index in [2.05, 4.69) is 44.1 Å². The van der Waals surface area contributed by atoms with Crippen LogP contribution < -0.4 is 5.32 Å². The number of nitrogens with one attached hydrogen (secondary N) is 1. The lowest BCUT2D eigenvalue weighted by molar-refractivity contribution is 0.0934. The van der Waals surface area contributed by atoms with Gasteiger partial charge in [-0.25, -0.2) is 0 Å². The molecule has 1 rings (SSSR count). The molecule has 2 nitrogen and oxygen atoms in total. The van der Waals surface area contributed by atoms with Crippen LogP contribution in [0.5, 0.6) is 0 Å². The number of halogens is 2. The highest BCUT2D eigenvalue weighted by Crippen LogP contribution is 2.22. The minimum absolute atomic E-state index is 0.00262. The van der Waals surface area contributed by atoms with Gasteiger partial charge in [0.2, 0.25) is 0 Å². The van der Waals surface area contributed by atoms with Crippen molar-refractivity contribution >= 4 is 49.1 Å². The van der Waals surface area contributed by atoms with E-state index in [-0.39, 0.29) is 11.9 Å². The van der Waals surface area contributed by atoms with Gasteiger partial charge in [-0.3, -0.25) is 4.79 Å². The van der Waals surface area contributed by atoms with Crippen LogP contribution in [0.2, 0.25) is 0 Å². The van der Waals surface area contributed by atoms with Crippen molar-refractivity contribution in [3.63, 3.8) is 0 Å². The van der Waals surface area contributed by atoms with Crippen molar-refractivity contribution in [2.75, 3.05) is 5.33 Å². The fraction of sp³-hybridized carbons (Fsp3) is 0.500. The van der Waals surface area contributed by atoms with E-state index >= 15 is 0 Å². The van der Waals surface area contributed by atoms with Gasteiger partial charge in [0.05, 0.1) is 0 Å². The summed E-state index contributed by atoms with van der Waals surface area (Å²) >= 11 is 8.21. The first-order valence-electron chi connectivity index (χ1n) is 4.66. The summed E-state index contributed by atoms with van der Waals surface area (Å²) < 4.78 is 0.865. The van der Waals surface area contributed by atoms with Crippen molar-refractivity contribution in [3.8, 4) is 0 Å². The molecule has 0 aromatic carbocycles. The van der Waals surface area contributed by atoms with E-state index in [0.29, 0.717) is 5.92 Å². The van der Waals surface area contributed by atoms with Crippen LogP contribution in [-0.4, -0.2) is 17.3 Å². The van der Waals surface area contributed by atoms with E-state index in [0.717, 1.165) is 14.7 Å². The zero-order valence-electron chi connectivity index (χ0n) is 8.59. The standard InChI is InChI=1S/C10H13Br2NOS/c1-6(5-11)7(2)13-10(14)9-8(12)3-4-15-9/h3-4,6-7H,5H2,1-2H3,(H,13,14). The summed E-state index contributed by atoms with van der Waals surface area (Å²) in [6, 6.07) is 2.06. The van der Waals surface area contributed by atoms with Crippen LogP contribution in [0, 0.1) is 5.92 Å². The minimum atomic E-state index is -0.00262. The van der Waals surface area contributed by atoms with Gasteiger partial charge in [0.1, 0.15) is 4.88 Å². The summed E-state index contributed by atoms with van der Waals surface area (Å²) in [7, 11) is 0. The summed E-state index contributed by atoms with van der Waals surface area (Å²) in [4.78, 5) is 12.6. The second-order valence-electron chi connectivity index (χ2n) is 3.49. The molecule has 5 heteroatoms. The molecule has 2 unspecified atom stereocenters. The number of hydrogen-bond acceptors (Lipinski definition) is 2. The van der Waals surface area contributed by atoms with Gasteiger partial charge in [0.15, 0.2) is 0 Å². The van der Waals surface area contributed by atoms with Gasteiger partial charge in [-0.15, -0.1) is 11.3 Å². The molecular formula is C10H13Br2NOS. The van der Waals surface area contributed by atoms with Gasteiger partial charge in [-0.05, 0) is 40.2 Å². The first kappa shape index (κ1) is 13.2. The molecule has 1 aromatic heterocycles. The molecule has 15 heavy (non-hydrogen) atoms. The predicted octanol–water partition coefficient (Wildman–Crippen LogP) is 3.66. The predicted molar refractivity (Wildman–Crippen MR) is 71.9 cm³/mol. The van der Waals surface area contributed by atoms with E-state index < -0.39 is 0 Å². The Hall–Kier alpha value is 0.130. The number of alkyl halides is 1. The van der Waals surface area contributed by atoms with Gasteiger partial charge in [-0.2, -0.15) is 0 Å². The van der Waals surface area contributed by atoms with Gasteiger partial charge >= 0.3 is 0 Å². The monoisotopic (exact) mass is 353 g/mol. The fourth-order valence-electron chi connectivity index (χ4n) is 1.00. The zero-order valence-corrected chi connectivity index (χ0v) is 12.6.